The standard InChI is InChI=1S/C16H26N2O3S/c1-15(2,3)12-22(20,21)18-14-6-8-16(19,9-7-14)13-5-4-10-17-11-13/h4-5,10-11,14,18-19H,6-9,12H2,1-3H3. The van der Waals surface area contributed by atoms with Crippen molar-refractivity contribution >= 4 is 10.0 Å². The first-order chi connectivity index (χ1) is 10.1. The van der Waals surface area contributed by atoms with E-state index >= 15 is 0 Å². The molecule has 5 nitrogen and oxygen atoms in total. The molecular weight excluding hydrogens is 300 g/mol. The number of sulfonamides is 1. The van der Waals surface area contributed by atoms with Gasteiger partial charge in [0.15, 0.2) is 0 Å². The molecule has 0 bridgehead atoms. The lowest BCUT2D eigenvalue weighted by molar-refractivity contribution is -0.00667. The van der Waals surface area contributed by atoms with E-state index in [4.69, 9.17) is 0 Å². The molecule has 0 aromatic carbocycles. The monoisotopic (exact) mass is 326 g/mol. The van der Waals surface area contributed by atoms with E-state index in [1.807, 2.05) is 32.9 Å². The highest BCUT2D eigenvalue weighted by atomic mass is 32.2. The van der Waals surface area contributed by atoms with Gasteiger partial charge in [0, 0.05) is 24.0 Å². The molecule has 124 valence electrons. The van der Waals surface area contributed by atoms with Crippen molar-refractivity contribution in [3.63, 3.8) is 0 Å². The van der Waals surface area contributed by atoms with E-state index in [1.165, 1.54) is 0 Å². The normalized spacial score (nSPS) is 26.8. The second-order valence-electron chi connectivity index (χ2n) is 7.49. The van der Waals surface area contributed by atoms with E-state index in [-0.39, 0.29) is 17.2 Å². The molecule has 1 saturated carbocycles. The number of rotatable bonds is 4. The van der Waals surface area contributed by atoms with Crippen LogP contribution in [0.4, 0.5) is 0 Å². The zero-order chi connectivity index (χ0) is 16.4. The highest BCUT2D eigenvalue weighted by Gasteiger charge is 2.36. The summed E-state index contributed by atoms with van der Waals surface area (Å²) in [6, 6.07) is 3.59. The number of aliphatic hydroxyl groups is 1. The molecule has 0 saturated heterocycles. The van der Waals surface area contributed by atoms with E-state index in [1.54, 1.807) is 12.4 Å². The summed E-state index contributed by atoms with van der Waals surface area (Å²) in [5, 5.41) is 10.7. The van der Waals surface area contributed by atoms with Gasteiger partial charge in [0.2, 0.25) is 10.0 Å². The van der Waals surface area contributed by atoms with Crippen molar-refractivity contribution in [2.45, 2.75) is 58.1 Å². The van der Waals surface area contributed by atoms with Crippen LogP contribution in [0.5, 0.6) is 0 Å². The molecule has 0 unspecified atom stereocenters. The minimum atomic E-state index is -3.28. The SMILES string of the molecule is CC(C)(C)CS(=O)(=O)NC1CCC(O)(c2cccnc2)CC1. The summed E-state index contributed by atoms with van der Waals surface area (Å²) >= 11 is 0. The van der Waals surface area contributed by atoms with Crippen LogP contribution in [0.15, 0.2) is 24.5 Å². The first kappa shape index (κ1) is 17.4. The van der Waals surface area contributed by atoms with Crippen molar-refractivity contribution in [1.82, 2.24) is 9.71 Å². The van der Waals surface area contributed by atoms with Crippen LogP contribution in [-0.4, -0.2) is 30.3 Å². The number of hydrogen-bond donors (Lipinski definition) is 2. The highest BCUT2D eigenvalue weighted by Crippen LogP contribution is 2.36. The molecule has 1 heterocycles. The Hall–Kier alpha value is -0.980. The van der Waals surface area contributed by atoms with Crippen LogP contribution in [0.25, 0.3) is 0 Å². The number of hydrogen-bond acceptors (Lipinski definition) is 4. The van der Waals surface area contributed by atoms with E-state index < -0.39 is 15.6 Å². The Morgan fingerprint density at radius 1 is 1.36 bits per heavy atom. The van der Waals surface area contributed by atoms with Crippen molar-refractivity contribution in [1.29, 1.82) is 0 Å². The minimum absolute atomic E-state index is 0.0932. The van der Waals surface area contributed by atoms with Gasteiger partial charge in [-0.25, -0.2) is 13.1 Å². The summed E-state index contributed by atoms with van der Waals surface area (Å²) < 4.78 is 27.1. The van der Waals surface area contributed by atoms with Crippen LogP contribution < -0.4 is 4.72 Å². The van der Waals surface area contributed by atoms with Gasteiger partial charge in [0.25, 0.3) is 0 Å². The first-order valence-electron chi connectivity index (χ1n) is 7.73. The van der Waals surface area contributed by atoms with Crippen molar-refractivity contribution in [2.24, 2.45) is 5.41 Å². The molecule has 1 aromatic heterocycles. The summed E-state index contributed by atoms with van der Waals surface area (Å²) in [4.78, 5) is 4.05. The average molecular weight is 326 g/mol. The van der Waals surface area contributed by atoms with Gasteiger partial charge in [-0.2, -0.15) is 0 Å². The first-order valence-corrected chi connectivity index (χ1v) is 9.38. The fourth-order valence-electron chi connectivity index (χ4n) is 3.01. The van der Waals surface area contributed by atoms with Crippen LogP contribution in [-0.2, 0) is 15.6 Å². The summed E-state index contributed by atoms with van der Waals surface area (Å²) in [6.07, 6.45) is 5.72. The van der Waals surface area contributed by atoms with E-state index in [0.717, 1.165) is 5.56 Å². The topological polar surface area (TPSA) is 79.3 Å². The molecule has 0 spiro atoms. The number of pyridine rings is 1. The third-order valence-corrected chi connectivity index (χ3v) is 5.92. The van der Waals surface area contributed by atoms with E-state index in [0.29, 0.717) is 25.7 Å². The lowest BCUT2D eigenvalue weighted by atomic mass is 9.78. The molecule has 1 fully saturated rings. The molecule has 0 radical (unpaired) electrons. The molecule has 1 aliphatic rings. The maximum Gasteiger partial charge on any atom is 0.212 e. The van der Waals surface area contributed by atoms with Crippen LogP contribution in [0.1, 0.15) is 52.0 Å². The van der Waals surface area contributed by atoms with Gasteiger partial charge in [0.05, 0.1) is 11.4 Å². The second-order valence-corrected chi connectivity index (χ2v) is 9.24. The van der Waals surface area contributed by atoms with Crippen molar-refractivity contribution in [2.75, 3.05) is 5.75 Å². The maximum absolute atomic E-state index is 12.2. The largest absolute Gasteiger partial charge is 0.385 e. The molecular formula is C16H26N2O3S. The number of aromatic nitrogens is 1. The fourth-order valence-corrected chi connectivity index (χ4v) is 4.97. The third kappa shape index (κ3) is 4.76. The number of nitrogens with zero attached hydrogens (tertiary/aromatic N) is 1. The summed E-state index contributed by atoms with van der Waals surface area (Å²) in [6.45, 7) is 5.73. The second kappa shape index (κ2) is 6.26. The highest BCUT2D eigenvalue weighted by molar-refractivity contribution is 7.89. The Morgan fingerprint density at radius 3 is 2.50 bits per heavy atom. The summed E-state index contributed by atoms with van der Waals surface area (Å²) in [7, 11) is -3.28. The Bertz CT molecular complexity index is 586. The van der Waals surface area contributed by atoms with Crippen LogP contribution in [0, 0.1) is 5.41 Å². The van der Waals surface area contributed by atoms with Crippen molar-refractivity contribution < 1.29 is 13.5 Å². The van der Waals surface area contributed by atoms with E-state index in [2.05, 4.69) is 9.71 Å². The van der Waals surface area contributed by atoms with Crippen LogP contribution in [0.3, 0.4) is 0 Å². The van der Waals surface area contributed by atoms with Crippen LogP contribution in [0.2, 0.25) is 0 Å². The van der Waals surface area contributed by atoms with Gasteiger partial charge in [-0.15, -0.1) is 0 Å². The van der Waals surface area contributed by atoms with Gasteiger partial charge < -0.3 is 5.11 Å². The molecule has 0 atom stereocenters. The quantitative estimate of drug-likeness (QED) is 0.889. The summed E-state index contributed by atoms with van der Waals surface area (Å²) in [5.74, 6) is 0.114. The lowest BCUT2D eigenvalue weighted by Gasteiger charge is -2.36. The predicted molar refractivity (Wildman–Crippen MR) is 86.8 cm³/mol. The Morgan fingerprint density at radius 2 is 2.00 bits per heavy atom. The minimum Gasteiger partial charge on any atom is -0.385 e. The molecule has 1 aliphatic carbocycles. The molecule has 2 rings (SSSR count). The lowest BCUT2D eigenvalue weighted by Crippen LogP contribution is -2.44. The van der Waals surface area contributed by atoms with Crippen molar-refractivity contribution in [3.05, 3.63) is 30.1 Å². The van der Waals surface area contributed by atoms with Gasteiger partial charge in [-0.3, -0.25) is 4.98 Å². The molecule has 22 heavy (non-hydrogen) atoms. The Balaban J connectivity index is 1.95. The van der Waals surface area contributed by atoms with E-state index in [9.17, 15) is 13.5 Å². The van der Waals surface area contributed by atoms with Crippen molar-refractivity contribution in [3.8, 4) is 0 Å². The predicted octanol–water partition coefficient (Wildman–Crippen LogP) is 2.18. The molecule has 0 amide bonds. The number of nitrogens with one attached hydrogen (secondary N) is 1. The Kier molecular flexibility index (Phi) is 4.94. The molecule has 0 aliphatic heterocycles. The molecule has 6 heteroatoms. The Labute approximate surface area is 133 Å². The maximum atomic E-state index is 12.2. The fraction of sp³-hybridized carbons (Fsp3) is 0.688. The average Bonchev–Trinajstić information content (AvgIpc) is 2.40. The van der Waals surface area contributed by atoms with Gasteiger partial charge in [0.1, 0.15) is 0 Å². The zero-order valence-corrected chi connectivity index (χ0v) is 14.4. The summed E-state index contributed by atoms with van der Waals surface area (Å²) in [5.41, 5.74) is -0.344. The molecule has 1 aromatic rings. The third-order valence-electron chi connectivity index (χ3n) is 3.98. The van der Waals surface area contributed by atoms with Gasteiger partial charge in [-0.1, -0.05) is 26.8 Å². The van der Waals surface area contributed by atoms with Gasteiger partial charge >= 0.3 is 0 Å². The smallest absolute Gasteiger partial charge is 0.212 e. The van der Waals surface area contributed by atoms with Gasteiger partial charge in [-0.05, 0) is 37.2 Å². The zero-order valence-electron chi connectivity index (χ0n) is 13.5. The van der Waals surface area contributed by atoms with Crippen LogP contribution >= 0.6 is 0 Å². The molecule has 2 N–H and O–H groups in total.